The summed E-state index contributed by atoms with van der Waals surface area (Å²) in [6, 6.07) is 21.9. The van der Waals surface area contributed by atoms with E-state index in [4.69, 9.17) is 4.74 Å². The lowest BCUT2D eigenvalue weighted by Gasteiger charge is -2.45. The van der Waals surface area contributed by atoms with Crippen molar-refractivity contribution in [2.45, 2.75) is 72.7 Å². The van der Waals surface area contributed by atoms with Gasteiger partial charge in [-0.3, -0.25) is 0 Å². The predicted molar refractivity (Wildman–Crippen MR) is 115 cm³/mol. The van der Waals surface area contributed by atoms with Gasteiger partial charge in [0, 0.05) is 10.1 Å². The molecule has 0 radical (unpaired) electrons. The van der Waals surface area contributed by atoms with Crippen molar-refractivity contribution in [3.05, 3.63) is 78.9 Å². The number of hydrogen-bond donors (Lipinski definition) is 0. The fourth-order valence-electron chi connectivity index (χ4n) is 4.85. The van der Waals surface area contributed by atoms with Crippen molar-refractivity contribution in [2.24, 2.45) is 0 Å². The van der Waals surface area contributed by atoms with Gasteiger partial charge in [-0.15, -0.1) is 18.3 Å². The maximum atomic E-state index is 6.75. The topological polar surface area (TPSA) is 9.23 Å². The maximum Gasteiger partial charge on any atom is 0.0809 e. The van der Waals surface area contributed by atoms with Crippen molar-refractivity contribution in [2.75, 3.05) is 0 Å². The average molecular weight is 379 g/mol. The Morgan fingerprint density at radius 1 is 1.00 bits per heavy atom. The Morgan fingerprint density at radius 3 is 2.26 bits per heavy atom. The molecule has 2 heteroatoms. The molecule has 1 saturated heterocycles. The number of rotatable bonds is 5. The van der Waals surface area contributed by atoms with E-state index in [-0.39, 0.29) is 11.0 Å². The van der Waals surface area contributed by atoms with Gasteiger partial charge in [0.15, 0.2) is 0 Å². The second-order valence-electron chi connectivity index (χ2n) is 8.41. The molecule has 1 heterocycles. The minimum absolute atomic E-state index is 0.0163. The van der Waals surface area contributed by atoms with Crippen molar-refractivity contribution >= 4 is 11.8 Å². The molecule has 2 aliphatic rings. The molecule has 1 saturated carbocycles. The highest BCUT2D eigenvalue weighted by Crippen LogP contribution is 2.53. The van der Waals surface area contributed by atoms with Gasteiger partial charge >= 0.3 is 0 Å². The molecular formula is C25H30OS. The Hall–Kier alpha value is -1.51. The summed E-state index contributed by atoms with van der Waals surface area (Å²) in [6.07, 6.45) is 9.13. The fourth-order valence-corrected chi connectivity index (χ4v) is 6.31. The predicted octanol–water partition coefficient (Wildman–Crippen LogP) is 6.78. The van der Waals surface area contributed by atoms with Crippen LogP contribution >= 0.6 is 11.8 Å². The first kappa shape index (κ1) is 18.8. The molecule has 1 aliphatic heterocycles. The second-order valence-corrected chi connectivity index (χ2v) is 9.69. The highest BCUT2D eigenvalue weighted by atomic mass is 32.2. The zero-order valence-corrected chi connectivity index (χ0v) is 17.1. The molecular weight excluding hydrogens is 348 g/mol. The van der Waals surface area contributed by atoms with E-state index in [1.807, 2.05) is 17.8 Å². The van der Waals surface area contributed by atoms with E-state index in [1.54, 1.807) is 0 Å². The number of hydrogen-bond acceptors (Lipinski definition) is 2. The van der Waals surface area contributed by atoms with Gasteiger partial charge in [-0.25, -0.2) is 0 Å². The second kappa shape index (κ2) is 7.85. The summed E-state index contributed by atoms with van der Waals surface area (Å²) in [5.74, 6) is 0. The lowest BCUT2D eigenvalue weighted by atomic mass is 9.66. The Bertz CT molecular complexity index is 746. The molecule has 4 rings (SSSR count). The van der Waals surface area contributed by atoms with Crippen LogP contribution in [0.15, 0.2) is 78.2 Å². The summed E-state index contributed by atoms with van der Waals surface area (Å²) in [5, 5.41) is 0.533. The summed E-state index contributed by atoms with van der Waals surface area (Å²) < 4.78 is 6.75. The Kier molecular flexibility index (Phi) is 5.48. The largest absolute Gasteiger partial charge is 0.370 e. The molecule has 0 N–H and O–H groups in total. The zero-order chi connectivity index (χ0) is 18.7. The minimum atomic E-state index is 0.0163. The van der Waals surface area contributed by atoms with Gasteiger partial charge in [0.1, 0.15) is 0 Å². The first-order chi connectivity index (χ1) is 13.1. The lowest BCUT2D eigenvalue weighted by molar-refractivity contribution is -0.0703. The fraction of sp³-hybridized carbons (Fsp3) is 0.440. The number of ether oxygens (including phenoxy) is 1. The molecule has 1 aliphatic carbocycles. The molecule has 0 unspecified atom stereocenters. The van der Waals surface area contributed by atoms with Gasteiger partial charge in [0.05, 0.1) is 11.7 Å². The van der Waals surface area contributed by atoms with Gasteiger partial charge in [-0.05, 0) is 61.6 Å². The molecule has 2 aromatic rings. The van der Waals surface area contributed by atoms with Gasteiger partial charge in [0.25, 0.3) is 0 Å². The summed E-state index contributed by atoms with van der Waals surface area (Å²) in [4.78, 5) is 1.36. The van der Waals surface area contributed by atoms with E-state index >= 15 is 0 Å². The van der Waals surface area contributed by atoms with Gasteiger partial charge in [-0.1, -0.05) is 61.5 Å². The van der Waals surface area contributed by atoms with Crippen LogP contribution in [0.5, 0.6) is 0 Å². The van der Waals surface area contributed by atoms with Crippen LogP contribution in [0.4, 0.5) is 0 Å². The average Bonchev–Trinajstić information content (AvgIpc) is 3.03. The van der Waals surface area contributed by atoms with E-state index in [0.29, 0.717) is 11.4 Å². The molecule has 142 valence electrons. The highest BCUT2D eigenvalue weighted by molar-refractivity contribution is 8.00. The van der Waals surface area contributed by atoms with Crippen LogP contribution in [0.2, 0.25) is 0 Å². The molecule has 0 aromatic heterocycles. The molecule has 2 atom stereocenters. The summed E-state index contributed by atoms with van der Waals surface area (Å²) >= 11 is 2.02. The normalized spacial score (nSPS) is 33.2. The van der Waals surface area contributed by atoms with E-state index in [2.05, 4.69) is 74.2 Å². The van der Waals surface area contributed by atoms with Crippen molar-refractivity contribution in [1.82, 2.24) is 0 Å². The third-order valence-corrected chi connectivity index (χ3v) is 8.04. The van der Waals surface area contributed by atoms with Gasteiger partial charge in [-0.2, -0.15) is 0 Å². The van der Waals surface area contributed by atoms with Gasteiger partial charge < -0.3 is 4.74 Å². The van der Waals surface area contributed by atoms with Crippen LogP contribution in [0, 0.1) is 0 Å². The Balaban J connectivity index is 1.53. The van der Waals surface area contributed by atoms with E-state index in [1.165, 1.54) is 23.3 Å². The van der Waals surface area contributed by atoms with E-state index in [0.717, 1.165) is 25.7 Å². The van der Waals surface area contributed by atoms with Crippen molar-refractivity contribution in [3.8, 4) is 0 Å². The minimum Gasteiger partial charge on any atom is -0.370 e. The van der Waals surface area contributed by atoms with Crippen molar-refractivity contribution in [3.63, 3.8) is 0 Å². The third kappa shape index (κ3) is 3.88. The quantitative estimate of drug-likeness (QED) is 0.530. The van der Waals surface area contributed by atoms with E-state index in [9.17, 15) is 0 Å². The molecule has 1 spiro atoms. The van der Waals surface area contributed by atoms with Crippen LogP contribution in [0.1, 0.15) is 51.0 Å². The first-order valence-electron chi connectivity index (χ1n) is 10.2. The SMILES string of the molecule is C=CC[C@H]1C[C@H](Sc2ccccc2)C2(CCC(C)(c3ccccc3)CC2)O1. The molecule has 27 heavy (non-hydrogen) atoms. The Morgan fingerprint density at radius 2 is 1.63 bits per heavy atom. The zero-order valence-electron chi connectivity index (χ0n) is 16.3. The number of benzene rings is 2. The molecule has 2 fully saturated rings. The molecule has 0 bridgehead atoms. The van der Waals surface area contributed by atoms with Crippen LogP contribution in [-0.4, -0.2) is 17.0 Å². The van der Waals surface area contributed by atoms with Crippen LogP contribution < -0.4 is 0 Å². The van der Waals surface area contributed by atoms with E-state index < -0.39 is 0 Å². The summed E-state index contributed by atoms with van der Waals surface area (Å²) in [7, 11) is 0. The Labute approximate surface area is 168 Å². The molecule has 1 nitrogen and oxygen atoms in total. The van der Waals surface area contributed by atoms with Crippen LogP contribution in [0.3, 0.4) is 0 Å². The monoisotopic (exact) mass is 378 g/mol. The smallest absolute Gasteiger partial charge is 0.0809 e. The van der Waals surface area contributed by atoms with Gasteiger partial charge in [0.2, 0.25) is 0 Å². The standard InChI is InChI=1S/C25H30OS/c1-3-10-21-19-23(27-22-13-8-5-9-14-22)25(26-21)17-15-24(2,16-18-25)20-11-6-4-7-12-20/h3-9,11-14,21,23H,1,10,15-19H2,2H3/t21-,23-,24?,25?/m0/s1. The third-order valence-electron chi connectivity index (χ3n) is 6.59. The van der Waals surface area contributed by atoms with Crippen LogP contribution in [-0.2, 0) is 10.2 Å². The molecule has 0 amide bonds. The van der Waals surface area contributed by atoms with Crippen molar-refractivity contribution in [1.29, 1.82) is 0 Å². The highest BCUT2D eigenvalue weighted by Gasteiger charge is 2.52. The lowest BCUT2D eigenvalue weighted by Crippen LogP contribution is -2.45. The molecule has 2 aromatic carbocycles. The first-order valence-corrected chi connectivity index (χ1v) is 11.1. The number of thioether (sulfide) groups is 1. The summed E-state index contributed by atoms with van der Waals surface area (Å²) in [5.41, 5.74) is 1.77. The maximum absolute atomic E-state index is 6.75. The van der Waals surface area contributed by atoms with Crippen molar-refractivity contribution < 1.29 is 4.74 Å². The summed E-state index contributed by atoms with van der Waals surface area (Å²) in [6.45, 7) is 6.38. The van der Waals surface area contributed by atoms with Crippen LogP contribution in [0.25, 0.3) is 0 Å².